The third-order valence-electron chi connectivity index (χ3n) is 4.78. The molecule has 3 aromatic carbocycles. The van der Waals surface area contributed by atoms with Gasteiger partial charge < -0.3 is 14.8 Å². The number of anilines is 1. The average molecular weight is 426 g/mol. The summed E-state index contributed by atoms with van der Waals surface area (Å²) < 4.78 is 39.7. The molecule has 1 aliphatic rings. The first-order valence-corrected chi connectivity index (χ1v) is 10.2. The zero-order valence-electron chi connectivity index (χ0n) is 15.8. The highest BCUT2D eigenvalue weighted by atomic mass is 32.2. The van der Waals surface area contributed by atoms with E-state index >= 15 is 0 Å². The van der Waals surface area contributed by atoms with Crippen molar-refractivity contribution in [1.82, 2.24) is 5.32 Å². The SMILES string of the molecule is CN1C(=O)c2ccccc2[S+]([O-])c2ccc(C(=O)NCc3cc(F)cc(F)c3)cc21. The van der Waals surface area contributed by atoms with E-state index in [1.165, 1.54) is 17.0 Å². The molecule has 0 fully saturated rings. The molecule has 1 aliphatic heterocycles. The van der Waals surface area contributed by atoms with Gasteiger partial charge in [0.05, 0.1) is 5.56 Å². The lowest BCUT2D eigenvalue weighted by Gasteiger charge is -2.17. The van der Waals surface area contributed by atoms with Gasteiger partial charge in [0, 0.05) is 36.4 Å². The molecule has 30 heavy (non-hydrogen) atoms. The maximum absolute atomic E-state index is 13.3. The number of benzene rings is 3. The van der Waals surface area contributed by atoms with Gasteiger partial charge in [-0.1, -0.05) is 12.1 Å². The molecule has 1 heterocycles. The number of carbonyl (C=O) groups excluding carboxylic acids is 2. The molecule has 0 aromatic heterocycles. The van der Waals surface area contributed by atoms with Crippen molar-refractivity contribution in [2.45, 2.75) is 16.3 Å². The number of rotatable bonds is 3. The molecule has 1 N–H and O–H groups in total. The third-order valence-corrected chi connectivity index (χ3v) is 6.28. The molecule has 8 heteroatoms. The number of hydrogen-bond donors (Lipinski definition) is 1. The Morgan fingerprint density at radius 2 is 1.73 bits per heavy atom. The van der Waals surface area contributed by atoms with E-state index in [4.69, 9.17) is 0 Å². The van der Waals surface area contributed by atoms with E-state index in [1.807, 2.05) is 0 Å². The lowest BCUT2D eigenvalue weighted by molar-refractivity contribution is 0.0948. The molecule has 0 radical (unpaired) electrons. The lowest BCUT2D eigenvalue weighted by atomic mass is 10.1. The van der Waals surface area contributed by atoms with E-state index in [0.29, 0.717) is 21.0 Å². The zero-order chi connectivity index (χ0) is 21.4. The third kappa shape index (κ3) is 3.67. The Morgan fingerprint density at radius 3 is 2.47 bits per heavy atom. The van der Waals surface area contributed by atoms with Gasteiger partial charge in [0.1, 0.15) is 17.3 Å². The lowest BCUT2D eigenvalue weighted by Crippen LogP contribution is -2.27. The molecule has 0 saturated carbocycles. The summed E-state index contributed by atoms with van der Waals surface area (Å²) in [6.45, 7) is -0.0727. The predicted molar refractivity (Wildman–Crippen MR) is 108 cm³/mol. The van der Waals surface area contributed by atoms with Crippen LogP contribution in [0.5, 0.6) is 0 Å². The summed E-state index contributed by atoms with van der Waals surface area (Å²) >= 11 is -1.59. The van der Waals surface area contributed by atoms with Crippen molar-refractivity contribution in [2.24, 2.45) is 0 Å². The molecular weight excluding hydrogens is 410 g/mol. The first-order chi connectivity index (χ1) is 14.3. The maximum Gasteiger partial charge on any atom is 0.263 e. The van der Waals surface area contributed by atoms with Crippen molar-refractivity contribution in [2.75, 3.05) is 11.9 Å². The number of carbonyl (C=O) groups is 2. The highest BCUT2D eigenvalue weighted by Crippen LogP contribution is 2.36. The Labute approximate surface area is 174 Å². The Morgan fingerprint density at radius 1 is 1.03 bits per heavy atom. The average Bonchev–Trinajstić information content (AvgIpc) is 2.81. The van der Waals surface area contributed by atoms with Crippen molar-refractivity contribution < 1.29 is 22.9 Å². The smallest absolute Gasteiger partial charge is 0.263 e. The highest BCUT2D eigenvalue weighted by molar-refractivity contribution is 7.91. The quantitative estimate of drug-likeness (QED) is 0.650. The van der Waals surface area contributed by atoms with E-state index in [2.05, 4.69) is 5.32 Å². The highest BCUT2D eigenvalue weighted by Gasteiger charge is 2.34. The van der Waals surface area contributed by atoms with Gasteiger partial charge in [0.15, 0.2) is 9.79 Å². The zero-order valence-corrected chi connectivity index (χ0v) is 16.6. The summed E-state index contributed by atoms with van der Waals surface area (Å²) in [5.41, 5.74) is 1.21. The minimum Gasteiger partial charge on any atom is -0.606 e. The van der Waals surface area contributed by atoms with Crippen LogP contribution in [0.1, 0.15) is 26.3 Å². The Hall–Kier alpha value is -3.23. The molecule has 0 spiro atoms. The van der Waals surface area contributed by atoms with Crippen LogP contribution >= 0.6 is 0 Å². The number of nitrogens with zero attached hydrogens (tertiary/aromatic N) is 1. The predicted octanol–water partition coefficient (Wildman–Crippen LogP) is 3.65. The molecule has 0 bridgehead atoms. The summed E-state index contributed by atoms with van der Waals surface area (Å²) in [5.74, 6) is -2.28. The number of fused-ring (bicyclic) bond motifs is 2. The molecule has 1 atom stereocenters. The standard InChI is InChI=1S/C22H16F2N2O3S/c1-26-18-10-14(21(27)25-12-13-8-15(23)11-16(24)9-13)6-7-20(18)30(29)19-5-3-2-4-17(19)22(26)28/h2-11H,12H2,1H3,(H,25,27). The van der Waals surface area contributed by atoms with Crippen LogP contribution in [-0.4, -0.2) is 23.4 Å². The second kappa shape index (κ2) is 7.89. The van der Waals surface area contributed by atoms with Gasteiger partial charge in [-0.2, -0.15) is 0 Å². The van der Waals surface area contributed by atoms with Gasteiger partial charge >= 0.3 is 0 Å². The van der Waals surface area contributed by atoms with Gasteiger partial charge in [-0.15, -0.1) is 0 Å². The Balaban J connectivity index is 1.62. The number of nitrogens with one attached hydrogen (secondary N) is 1. The topological polar surface area (TPSA) is 72.5 Å². The van der Waals surface area contributed by atoms with Crippen LogP contribution in [0.25, 0.3) is 0 Å². The number of halogens is 2. The van der Waals surface area contributed by atoms with Gasteiger partial charge in [-0.25, -0.2) is 8.78 Å². The van der Waals surface area contributed by atoms with Crippen molar-refractivity contribution >= 4 is 28.7 Å². The Kier molecular flexibility index (Phi) is 5.27. The first kappa shape index (κ1) is 20.1. The van der Waals surface area contributed by atoms with Crippen molar-refractivity contribution in [1.29, 1.82) is 0 Å². The number of hydrogen-bond acceptors (Lipinski definition) is 3. The molecule has 152 valence electrons. The van der Waals surface area contributed by atoms with Crippen LogP contribution < -0.4 is 10.2 Å². The second-order valence-corrected chi connectivity index (χ2v) is 8.19. The van der Waals surface area contributed by atoms with Crippen molar-refractivity contribution in [3.8, 4) is 0 Å². The molecule has 5 nitrogen and oxygen atoms in total. The normalized spacial score (nSPS) is 15.3. The van der Waals surface area contributed by atoms with E-state index in [1.54, 1.807) is 37.4 Å². The van der Waals surface area contributed by atoms with Gasteiger partial charge in [0.25, 0.3) is 11.8 Å². The molecule has 0 saturated heterocycles. The van der Waals surface area contributed by atoms with Crippen LogP contribution in [0.3, 0.4) is 0 Å². The summed E-state index contributed by atoms with van der Waals surface area (Å²) in [6, 6.07) is 14.2. The van der Waals surface area contributed by atoms with Crippen LogP contribution in [0, 0.1) is 11.6 Å². The number of amides is 2. The minimum absolute atomic E-state index is 0.0727. The molecule has 2 amide bonds. The maximum atomic E-state index is 13.3. The van der Waals surface area contributed by atoms with E-state index in [9.17, 15) is 22.9 Å². The van der Waals surface area contributed by atoms with E-state index in [-0.39, 0.29) is 23.6 Å². The fraction of sp³-hybridized carbons (Fsp3) is 0.0909. The van der Waals surface area contributed by atoms with Crippen LogP contribution in [0.2, 0.25) is 0 Å². The van der Waals surface area contributed by atoms with Crippen LogP contribution in [-0.2, 0) is 17.7 Å². The summed E-state index contributed by atoms with van der Waals surface area (Å²) in [7, 11) is 1.55. The van der Waals surface area contributed by atoms with Gasteiger partial charge in [-0.05, 0) is 48.0 Å². The monoisotopic (exact) mass is 426 g/mol. The molecule has 4 rings (SSSR count). The van der Waals surface area contributed by atoms with Crippen LogP contribution in [0.4, 0.5) is 14.5 Å². The minimum atomic E-state index is -1.59. The van der Waals surface area contributed by atoms with E-state index in [0.717, 1.165) is 18.2 Å². The largest absolute Gasteiger partial charge is 0.606 e. The summed E-state index contributed by atoms with van der Waals surface area (Å²) in [5, 5.41) is 2.59. The summed E-state index contributed by atoms with van der Waals surface area (Å²) in [6.07, 6.45) is 0. The van der Waals surface area contributed by atoms with Crippen molar-refractivity contribution in [3.63, 3.8) is 0 Å². The van der Waals surface area contributed by atoms with E-state index < -0.39 is 28.7 Å². The molecule has 3 aromatic rings. The molecular formula is C22H16F2N2O3S. The van der Waals surface area contributed by atoms with Crippen molar-refractivity contribution in [3.05, 3.63) is 89.0 Å². The molecule has 0 aliphatic carbocycles. The molecule has 1 unspecified atom stereocenters. The fourth-order valence-corrected chi connectivity index (χ4v) is 4.66. The summed E-state index contributed by atoms with van der Waals surface area (Å²) in [4.78, 5) is 27.6. The first-order valence-electron chi connectivity index (χ1n) is 9.01. The second-order valence-electron chi connectivity index (χ2n) is 6.77. The van der Waals surface area contributed by atoms with Gasteiger partial charge in [-0.3, -0.25) is 9.59 Å². The van der Waals surface area contributed by atoms with Crippen LogP contribution in [0.15, 0.2) is 70.5 Å². The fourth-order valence-electron chi connectivity index (χ4n) is 3.29. The Bertz CT molecular complexity index is 1150. The van der Waals surface area contributed by atoms with Gasteiger partial charge in [0.2, 0.25) is 0 Å².